The van der Waals surface area contributed by atoms with Gasteiger partial charge in [-0.25, -0.2) is 4.98 Å². The van der Waals surface area contributed by atoms with Crippen LogP contribution in [0.3, 0.4) is 0 Å². The van der Waals surface area contributed by atoms with Gasteiger partial charge in [0.05, 0.1) is 17.8 Å². The zero-order chi connectivity index (χ0) is 15.1. The summed E-state index contributed by atoms with van der Waals surface area (Å²) in [6.45, 7) is 4.63. The monoisotopic (exact) mass is 313 g/mol. The Bertz CT molecular complexity index is 497. The number of aliphatic hydroxyl groups excluding tert-OH is 1. The van der Waals surface area contributed by atoms with Crippen molar-refractivity contribution in [1.29, 1.82) is 0 Å². The number of thiazole rings is 1. The maximum Gasteiger partial charge on any atom is 0.180 e. The van der Waals surface area contributed by atoms with Crippen LogP contribution in [-0.2, 0) is 11.3 Å². The first kappa shape index (κ1) is 15.2. The van der Waals surface area contributed by atoms with Crippen molar-refractivity contribution in [3.8, 4) is 0 Å². The minimum atomic E-state index is -1.05. The Labute approximate surface area is 128 Å². The van der Waals surface area contributed by atoms with Crippen LogP contribution in [0.4, 0.5) is 5.13 Å². The van der Waals surface area contributed by atoms with Crippen molar-refractivity contribution in [2.45, 2.75) is 50.0 Å². The highest BCUT2D eigenvalue weighted by molar-refractivity contribution is 7.15. The van der Waals surface area contributed by atoms with Gasteiger partial charge in [-0.2, -0.15) is 0 Å². The van der Waals surface area contributed by atoms with Gasteiger partial charge in [0, 0.05) is 37.1 Å². The normalized spacial score (nSPS) is 33.4. The molecule has 2 aliphatic rings. The molecule has 0 saturated carbocycles. The fraction of sp³-hybridized carbons (Fsp3) is 0.786. The first-order valence-corrected chi connectivity index (χ1v) is 8.17. The molecule has 1 aromatic rings. The zero-order valence-electron chi connectivity index (χ0n) is 12.3. The van der Waals surface area contributed by atoms with E-state index < -0.39 is 11.7 Å². The van der Waals surface area contributed by atoms with Crippen LogP contribution in [0, 0.1) is 0 Å². The van der Waals surface area contributed by atoms with Crippen LogP contribution in [0.25, 0.3) is 0 Å². The summed E-state index contributed by atoms with van der Waals surface area (Å²) in [5.74, 6) is 0. The molecule has 1 aromatic heterocycles. The fourth-order valence-electron chi connectivity index (χ4n) is 3.31. The van der Waals surface area contributed by atoms with Gasteiger partial charge >= 0.3 is 0 Å². The number of nitrogen functional groups attached to an aromatic ring is 1. The van der Waals surface area contributed by atoms with Crippen molar-refractivity contribution in [3.05, 3.63) is 11.1 Å². The van der Waals surface area contributed by atoms with Gasteiger partial charge in [-0.15, -0.1) is 11.3 Å². The Morgan fingerprint density at radius 3 is 2.81 bits per heavy atom. The van der Waals surface area contributed by atoms with Crippen LogP contribution in [0.15, 0.2) is 6.20 Å². The van der Waals surface area contributed by atoms with E-state index in [4.69, 9.17) is 10.5 Å². The number of likely N-dealkylation sites (tertiary alicyclic amines) is 1. The summed E-state index contributed by atoms with van der Waals surface area (Å²) in [5, 5.41) is 20.7. The molecule has 2 saturated heterocycles. The van der Waals surface area contributed by atoms with Crippen molar-refractivity contribution >= 4 is 16.5 Å². The Balaban J connectivity index is 1.57. The van der Waals surface area contributed by atoms with E-state index in [1.165, 1.54) is 16.2 Å². The molecule has 2 atom stereocenters. The molecule has 1 spiro atoms. The molecule has 0 radical (unpaired) electrons. The van der Waals surface area contributed by atoms with Gasteiger partial charge < -0.3 is 20.7 Å². The second-order valence-corrected chi connectivity index (χ2v) is 7.63. The van der Waals surface area contributed by atoms with E-state index in [0.29, 0.717) is 11.6 Å². The number of aliphatic hydroxyl groups is 2. The molecule has 0 aromatic carbocycles. The third-order valence-electron chi connectivity index (χ3n) is 4.66. The van der Waals surface area contributed by atoms with Gasteiger partial charge in [0.15, 0.2) is 5.13 Å². The lowest BCUT2D eigenvalue weighted by Gasteiger charge is -2.49. The summed E-state index contributed by atoms with van der Waals surface area (Å²) in [7, 11) is 0. The predicted molar refractivity (Wildman–Crippen MR) is 81.0 cm³/mol. The number of hydrogen-bond acceptors (Lipinski definition) is 7. The molecular formula is C14H23N3O3S. The molecule has 0 aliphatic carbocycles. The van der Waals surface area contributed by atoms with E-state index in [9.17, 15) is 10.2 Å². The van der Waals surface area contributed by atoms with Gasteiger partial charge in [0.25, 0.3) is 0 Å². The Hall–Kier alpha value is -0.730. The summed E-state index contributed by atoms with van der Waals surface area (Å²) < 4.78 is 5.89. The maximum atomic E-state index is 10.3. The number of anilines is 1. The van der Waals surface area contributed by atoms with Crippen LogP contribution >= 0.6 is 11.3 Å². The minimum absolute atomic E-state index is 0.221. The van der Waals surface area contributed by atoms with Crippen molar-refractivity contribution in [1.82, 2.24) is 9.88 Å². The third kappa shape index (κ3) is 3.22. The Morgan fingerprint density at radius 1 is 1.52 bits per heavy atom. The number of rotatable bonds is 2. The molecule has 2 aliphatic heterocycles. The zero-order valence-corrected chi connectivity index (χ0v) is 13.1. The molecule has 3 rings (SSSR count). The maximum absolute atomic E-state index is 10.3. The Kier molecular flexibility index (Phi) is 3.96. The number of piperidine rings is 1. The quantitative estimate of drug-likeness (QED) is 0.740. The Morgan fingerprint density at radius 2 is 2.24 bits per heavy atom. The lowest BCUT2D eigenvalue weighted by Crippen LogP contribution is -2.59. The smallest absolute Gasteiger partial charge is 0.180 e. The van der Waals surface area contributed by atoms with Gasteiger partial charge in [-0.05, 0) is 19.8 Å². The highest BCUT2D eigenvalue weighted by atomic mass is 32.1. The summed E-state index contributed by atoms with van der Waals surface area (Å²) >= 11 is 1.53. The van der Waals surface area contributed by atoms with Gasteiger partial charge in [-0.3, -0.25) is 4.90 Å². The second-order valence-electron chi connectivity index (χ2n) is 6.48. The molecule has 118 valence electrons. The number of nitrogens with two attached hydrogens (primary N) is 1. The molecule has 2 fully saturated rings. The van der Waals surface area contributed by atoms with Crippen LogP contribution < -0.4 is 5.73 Å². The highest BCUT2D eigenvalue weighted by Crippen LogP contribution is 2.39. The van der Waals surface area contributed by atoms with E-state index >= 15 is 0 Å². The molecule has 0 unspecified atom stereocenters. The average Bonchev–Trinajstić information content (AvgIpc) is 2.83. The summed E-state index contributed by atoms with van der Waals surface area (Å²) in [6, 6.07) is 0. The van der Waals surface area contributed by atoms with Gasteiger partial charge in [-0.1, -0.05) is 0 Å². The van der Waals surface area contributed by atoms with E-state index in [1.807, 2.05) is 6.20 Å². The van der Waals surface area contributed by atoms with Crippen molar-refractivity contribution < 1.29 is 14.9 Å². The van der Waals surface area contributed by atoms with E-state index in [-0.39, 0.29) is 12.2 Å². The van der Waals surface area contributed by atoms with Crippen molar-refractivity contribution in [2.24, 2.45) is 0 Å². The first-order chi connectivity index (χ1) is 9.89. The van der Waals surface area contributed by atoms with E-state index in [1.54, 1.807) is 6.92 Å². The minimum Gasteiger partial charge on any atom is -0.388 e. The number of hydrogen-bond donors (Lipinski definition) is 3. The van der Waals surface area contributed by atoms with Crippen molar-refractivity contribution in [3.63, 3.8) is 0 Å². The molecule has 0 amide bonds. The van der Waals surface area contributed by atoms with E-state index in [0.717, 1.165) is 32.5 Å². The number of nitrogens with zero attached hydrogens (tertiary/aromatic N) is 2. The summed E-state index contributed by atoms with van der Waals surface area (Å²) in [5.41, 5.74) is 4.32. The summed E-state index contributed by atoms with van der Waals surface area (Å²) in [6.07, 6.45) is 3.31. The molecule has 0 bridgehead atoms. The largest absolute Gasteiger partial charge is 0.388 e. The van der Waals surface area contributed by atoms with Crippen molar-refractivity contribution in [2.75, 3.05) is 25.4 Å². The molecule has 7 heteroatoms. The third-order valence-corrected chi connectivity index (χ3v) is 5.47. The topological polar surface area (TPSA) is 91.8 Å². The van der Waals surface area contributed by atoms with Gasteiger partial charge in [0.2, 0.25) is 0 Å². The molecular weight excluding hydrogens is 290 g/mol. The van der Waals surface area contributed by atoms with Crippen LogP contribution in [-0.4, -0.2) is 57.1 Å². The molecule has 4 N–H and O–H groups in total. The second kappa shape index (κ2) is 5.48. The average molecular weight is 313 g/mol. The van der Waals surface area contributed by atoms with Crippen LogP contribution in [0.2, 0.25) is 0 Å². The molecule has 21 heavy (non-hydrogen) atoms. The van der Waals surface area contributed by atoms with Crippen LogP contribution in [0.1, 0.15) is 31.1 Å². The van der Waals surface area contributed by atoms with E-state index in [2.05, 4.69) is 9.88 Å². The lowest BCUT2D eigenvalue weighted by atomic mass is 9.76. The standard InChI is InChI=1S/C14H23N3O3S/c1-13(19)9-14(20-8-11(13)18)2-4-17(5-3-14)7-10-6-16-12(15)21-10/h6,11,18-19H,2-5,7-9H2,1H3,(H2,15,16)/t11-,13-/m0/s1. The first-order valence-electron chi connectivity index (χ1n) is 7.36. The fourth-order valence-corrected chi connectivity index (χ4v) is 4.04. The predicted octanol–water partition coefficient (Wildman–Crippen LogP) is 0.592. The SMILES string of the molecule is C[C@]1(O)CC2(CCN(Cc3cnc(N)s3)CC2)OC[C@@H]1O. The molecule has 3 heterocycles. The number of ether oxygens (including phenoxy) is 1. The molecule has 6 nitrogen and oxygen atoms in total. The summed E-state index contributed by atoms with van der Waals surface area (Å²) in [4.78, 5) is 7.62. The number of aromatic nitrogens is 1. The lowest BCUT2D eigenvalue weighted by molar-refractivity contribution is -0.223. The van der Waals surface area contributed by atoms with Crippen LogP contribution in [0.5, 0.6) is 0 Å². The highest BCUT2D eigenvalue weighted by Gasteiger charge is 2.48. The van der Waals surface area contributed by atoms with Gasteiger partial charge in [0.1, 0.15) is 6.10 Å².